The van der Waals surface area contributed by atoms with Crippen LogP contribution in [0, 0.1) is 6.92 Å². The molecule has 0 bridgehead atoms. The summed E-state index contributed by atoms with van der Waals surface area (Å²) in [5, 5.41) is 0. The van der Waals surface area contributed by atoms with Crippen molar-refractivity contribution in [1.29, 1.82) is 0 Å². The van der Waals surface area contributed by atoms with E-state index in [0.29, 0.717) is 6.04 Å². The van der Waals surface area contributed by atoms with Gasteiger partial charge < -0.3 is 0 Å². The quantitative estimate of drug-likeness (QED) is 0.843. The monoisotopic (exact) mass is 297 g/mol. The molecule has 116 valence electrons. The van der Waals surface area contributed by atoms with Gasteiger partial charge in [0.05, 0.1) is 6.54 Å². The van der Waals surface area contributed by atoms with E-state index in [1.807, 2.05) is 30.7 Å². The minimum absolute atomic E-state index is 0.570. The molecule has 0 amide bonds. The second kappa shape index (κ2) is 6.94. The van der Waals surface area contributed by atoms with Gasteiger partial charge in [-0.05, 0) is 38.1 Å². The van der Waals surface area contributed by atoms with E-state index < -0.39 is 0 Å². The van der Waals surface area contributed by atoms with Crippen molar-refractivity contribution < 1.29 is 0 Å². The lowest BCUT2D eigenvalue weighted by atomic mass is 10.2. The van der Waals surface area contributed by atoms with Crippen LogP contribution in [-0.2, 0) is 13.1 Å². The van der Waals surface area contributed by atoms with Gasteiger partial charge in [-0.3, -0.25) is 14.8 Å². The second-order valence-electron chi connectivity index (χ2n) is 6.01. The Morgan fingerprint density at radius 2 is 1.95 bits per heavy atom. The van der Waals surface area contributed by atoms with Crippen molar-refractivity contribution in [3.05, 3.63) is 53.9 Å². The van der Waals surface area contributed by atoms with E-state index in [0.717, 1.165) is 37.7 Å². The van der Waals surface area contributed by atoms with E-state index in [-0.39, 0.29) is 0 Å². The normalized spacial score (nSPS) is 19.0. The average Bonchev–Trinajstić information content (AvgIpc) is 2.99. The van der Waals surface area contributed by atoms with Crippen LogP contribution in [0.2, 0.25) is 0 Å². The maximum Gasteiger partial charge on any atom is 0.142 e. The zero-order chi connectivity index (χ0) is 15.4. The fourth-order valence-electron chi connectivity index (χ4n) is 3.00. The Morgan fingerprint density at radius 1 is 1.18 bits per heavy atom. The van der Waals surface area contributed by atoms with Crippen molar-refractivity contribution in [3.63, 3.8) is 0 Å². The van der Waals surface area contributed by atoms with Gasteiger partial charge in [0.15, 0.2) is 0 Å². The standard InChI is InChI=1S/C17H23N5/c1-14-15(5-3-7-18-14)11-22-10-6-16(12-22)21(2)13-17-19-8-4-9-20-17/h3-5,7-9,16H,6,10-13H2,1-2H3/t16-/m1/s1. The highest BCUT2D eigenvalue weighted by atomic mass is 15.2. The van der Waals surface area contributed by atoms with Gasteiger partial charge in [-0.1, -0.05) is 6.07 Å². The molecule has 1 saturated heterocycles. The van der Waals surface area contributed by atoms with Crippen LogP contribution in [0.1, 0.15) is 23.5 Å². The third-order valence-electron chi connectivity index (χ3n) is 4.39. The van der Waals surface area contributed by atoms with Crippen molar-refractivity contribution in [2.45, 2.75) is 32.5 Å². The number of nitrogens with zero attached hydrogens (tertiary/aromatic N) is 5. The van der Waals surface area contributed by atoms with E-state index >= 15 is 0 Å². The molecule has 1 aliphatic rings. The lowest BCUT2D eigenvalue weighted by Crippen LogP contribution is -2.34. The van der Waals surface area contributed by atoms with Gasteiger partial charge in [0.2, 0.25) is 0 Å². The number of rotatable bonds is 5. The molecule has 22 heavy (non-hydrogen) atoms. The molecule has 0 N–H and O–H groups in total. The Bertz CT molecular complexity index is 601. The fourth-order valence-corrected chi connectivity index (χ4v) is 3.00. The van der Waals surface area contributed by atoms with E-state index in [2.05, 4.69) is 44.8 Å². The summed E-state index contributed by atoms with van der Waals surface area (Å²) in [4.78, 5) is 17.9. The Labute approximate surface area is 132 Å². The molecule has 0 spiro atoms. The first-order valence-corrected chi connectivity index (χ1v) is 7.81. The second-order valence-corrected chi connectivity index (χ2v) is 6.01. The van der Waals surface area contributed by atoms with Gasteiger partial charge >= 0.3 is 0 Å². The summed E-state index contributed by atoms with van der Waals surface area (Å²) in [5.41, 5.74) is 2.47. The maximum atomic E-state index is 4.38. The molecular formula is C17H23N5. The van der Waals surface area contributed by atoms with Gasteiger partial charge in [-0.2, -0.15) is 0 Å². The molecule has 1 atom stereocenters. The highest BCUT2D eigenvalue weighted by Crippen LogP contribution is 2.18. The van der Waals surface area contributed by atoms with Crippen molar-refractivity contribution in [1.82, 2.24) is 24.8 Å². The largest absolute Gasteiger partial charge is 0.297 e. The molecular weight excluding hydrogens is 274 g/mol. The number of hydrogen-bond acceptors (Lipinski definition) is 5. The Kier molecular flexibility index (Phi) is 4.75. The van der Waals surface area contributed by atoms with E-state index in [9.17, 15) is 0 Å². The number of aryl methyl sites for hydroxylation is 1. The molecule has 5 nitrogen and oxygen atoms in total. The van der Waals surface area contributed by atoms with E-state index in [4.69, 9.17) is 0 Å². The topological polar surface area (TPSA) is 45.2 Å². The van der Waals surface area contributed by atoms with Crippen LogP contribution in [0.5, 0.6) is 0 Å². The third kappa shape index (κ3) is 3.67. The lowest BCUT2D eigenvalue weighted by molar-refractivity contribution is 0.218. The van der Waals surface area contributed by atoms with Crippen LogP contribution in [0.3, 0.4) is 0 Å². The zero-order valence-corrected chi connectivity index (χ0v) is 13.3. The predicted molar refractivity (Wildman–Crippen MR) is 86.2 cm³/mol. The number of pyridine rings is 1. The minimum Gasteiger partial charge on any atom is -0.297 e. The van der Waals surface area contributed by atoms with E-state index in [1.165, 1.54) is 12.0 Å². The number of likely N-dealkylation sites (N-methyl/N-ethyl adjacent to an activating group) is 1. The van der Waals surface area contributed by atoms with Crippen LogP contribution in [-0.4, -0.2) is 50.9 Å². The summed E-state index contributed by atoms with van der Waals surface area (Å²) in [6, 6.07) is 6.63. The third-order valence-corrected chi connectivity index (χ3v) is 4.39. The molecule has 3 heterocycles. The molecule has 0 unspecified atom stereocenters. The van der Waals surface area contributed by atoms with Gasteiger partial charge in [-0.25, -0.2) is 9.97 Å². The molecule has 2 aromatic rings. The smallest absolute Gasteiger partial charge is 0.142 e. The first kappa shape index (κ1) is 15.1. The molecule has 0 aromatic carbocycles. The summed E-state index contributed by atoms with van der Waals surface area (Å²) < 4.78 is 0. The maximum absolute atomic E-state index is 4.38. The Morgan fingerprint density at radius 3 is 2.73 bits per heavy atom. The Hall–Kier alpha value is -1.85. The lowest BCUT2D eigenvalue weighted by Gasteiger charge is -2.24. The van der Waals surface area contributed by atoms with Crippen LogP contribution in [0.25, 0.3) is 0 Å². The molecule has 0 radical (unpaired) electrons. The summed E-state index contributed by atoms with van der Waals surface area (Å²) in [7, 11) is 2.17. The number of hydrogen-bond donors (Lipinski definition) is 0. The summed E-state index contributed by atoms with van der Waals surface area (Å²) >= 11 is 0. The van der Waals surface area contributed by atoms with Crippen LogP contribution >= 0.6 is 0 Å². The number of likely N-dealkylation sites (tertiary alicyclic amines) is 1. The van der Waals surface area contributed by atoms with Crippen molar-refractivity contribution in [3.8, 4) is 0 Å². The predicted octanol–water partition coefficient (Wildman–Crippen LogP) is 1.89. The van der Waals surface area contributed by atoms with E-state index in [1.54, 1.807) is 0 Å². The van der Waals surface area contributed by atoms with Crippen LogP contribution in [0.15, 0.2) is 36.8 Å². The summed E-state index contributed by atoms with van der Waals surface area (Å²) in [6.45, 7) is 6.12. The first-order chi connectivity index (χ1) is 10.7. The molecule has 1 aliphatic heterocycles. The molecule has 1 fully saturated rings. The van der Waals surface area contributed by atoms with Crippen molar-refractivity contribution >= 4 is 0 Å². The Balaban J connectivity index is 1.55. The highest BCUT2D eigenvalue weighted by Gasteiger charge is 2.26. The molecule has 3 rings (SSSR count). The molecule has 5 heteroatoms. The van der Waals surface area contributed by atoms with Gasteiger partial charge in [0, 0.05) is 50.0 Å². The number of aromatic nitrogens is 3. The summed E-state index contributed by atoms with van der Waals surface area (Å²) in [6.07, 6.45) is 6.67. The average molecular weight is 297 g/mol. The first-order valence-electron chi connectivity index (χ1n) is 7.81. The van der Waals surface area contributed by atoms with Gasteiger partial charge in [0.1, 0.15) is 5.82 Å². The zero-order valence-electron chi connectivity index (χ0n) is 13.3. The fraction of sp³-hybridized carbons (Fsp3) is 0.471. The summed E-state index contributed by atoms with van der Waals surface area (Å²) in [5.74, 6) is 0.895. The van der Waals surface area contributed by atoms with Gasteiger partial charge in [-0.15, -0.1) is 0 Å². The van der Waals surface area contributed by atoms with Crippen molar-refractivity contribution in [2.24, 2.45) is 0 Å². The van der Waals surface area contributed by atoms with Gasteiger partial charge in [0.25, 0.3) is 0 Å². The molecule has 0 aliphatic carbocycles. The van der Waals surface area contributed by atoms with Crippen molar-refractivity contribution in [2.75, 3.05) is 20.1 Å². The minimum atomic E-state index is 0.570. The molecule has 2 aromatic heterocycles. The highest BCUT2D eigenvalue weighted by molar-refractivity contribution is 5.18. The molecule has 0 saturated carbocycles. The van der Waals surface area contributed by atoms with Crippen LogP contribution in [0.4, 0.5) is 0 Å². The van der Waals surface area contributed by atoms with Crippen LogP contribution < -0.4 is 0 Å². The SMILES string of the molecule is Cc1ncccc1CN1CC[C@@H](N(C)Cc2ncccn2)C1.